The summed E-state index contributed by atoms with van der Waals surface area (Å²) < 4.78 is 3.10. The number of aryl methyl sites for hydroxylation is 1. The smallest absolute Gasteiger partial charge is 0.325 e. The first-order chi connectivity index (χ1) is 14.0. The second kappa shape index (κ2) is 7.86. The Morgan fingerprint density at radius 1 is 1.17 bits per heavy atom. The molecule has 1 aliphatic rings. The number of nitrogens with zero attached hydrogens (tertiary/aromatic N) is 5. The minimum atomic E-state index is -1.00. The van der Waals surface area contributed by atoms with Crippen molar-refractivity contribution < 1.29 is 14.7 Å². The second-order valence-electron chi connectivity index (χ2n) is 7.21. The predicted octanol–water partition coefficient (Wildman–Crippen LogP) is 1.67. The van der Waals surface area contributed by atoms with Gasteiger partial charge in [-0.05, 0) is 44.7 Å². The fourth-order valence-corrected chi connectivity index (χ4v) is 3.57. The predicted molar refractivity (Wildman–Crippen MR) is 104 cm³/mol. The molecule has 2 N–H and O–H groups in total. The number of rotatable bonds is 6. The standard InChI is InChI=1S/C20H22N6O3/c1-13-6-8-15(9-7-13)26-17-5-3-2-4-16(17)19(23-26)20(29)21-10-14-11-25(24-22-14)12-18(27)28/h6-9,11H,2-5,10,12H2,1H3,(H,21,29)(H,27,28). The topological polar surface area (TPSA) is 115 Å². The molecule has 0 fully saturated rings. The number of nitrogens with one attached hydrogen (secondary N) is 1. The summed E-state index contributed by atoms with van der Waals surface area (Å²) >= 11 is 0. The van der Waals surface area contributed by atoms with Gasteiger partial charge in [0.15, 0.2) is 5.69 Å². The minimum absolute atomic E-state index is 0.157. The van der Waals surface area contributed by atoms with E-state index in [9.17, 15) is 9.59 Å². The molecule has 2 heterocycles. The summed E-state index contributed by atoms with van der Waals surface area (Å²) in [5, 5.41) is 23.9. The zero-order valence-corrected chi connectivity index (χ0v) is 16.1. The number of carboxylic acid groups (broad SMARTS) is 1. The Morgan fingerprint density at radius 3 is 2.69 bits per heavy atom. The zero-order chi connectivity index (χ0) is 20.4. The van der Waals surface area contributed by atoms with Crippen molar-refractivity contribution in [2.24, 2.45) is 0 Å². The van der Waals surface area contributed by atoms with Gasteiger partial charge in [0.25, 0.3) is 5.91 Å². The van der Waals surface area contributed by atoms with E-state index in [1.807, 2.05) is 35.9 Å². The molecule has 0 unspecified atom stereocenters. The largest absolute Gasteiger partial charge is 0.480 e. The third-order valence-electron chi connectivity index (χ3n) is 4.99. The maximum absolute atomic E-state index is 12.8. The van der Waals surface area contributed by atoms with E-state index < -0.39 is 5.97 Å². The molecule has 1 aliphatic carbocycles. The van der Waals surface area contributed by atoms with Gasteiger partial charge >= 0.3 is 5.97 Å². The van der Waals surface area contributed by atoms with Crippen molar-refractivity contribution in [2.75, 3.05) is 0 Å². The molecular weight excluding hydrogens is 372 g/mol. The monoisotopic (exact) mass is 394 g/mol. The lowest BCUT2D eigenvalue weighted by Gasteiger charge is -2.14. The van der Waals surface area contributed by atoms with Crippen LogP contribution in [0.1, 0.15) is 45.8 Å². The van der Waals surface area contributed by atoms with Crippen LogP contribution >= 0.6 is 0 Å². The third-order valence-corrected chi connectivity index (χ3v) is 4.99. The number of carboxylic acids is 1. The van der Waals surface area contributed by atoms with Crippen LogP contribution in [0, 0.1) is 6.92 Å². The first kappa shape index (κ1) is 18.9. The summed E-state index contributed by atoms with van der Waals surface area (Å²) in [5.41, 5.74) is 5.15. The fourth-order valence-electron chi connectivity index (χ4n) is 3.57. The average Bonchev–Trinajstić information content (AvgIpc) is 3.31. The summed E-state index contributed by atoms with van der Waals surface area (Å²) in [6.07, 6.45) is 5.36. The number of hydrogen-bond donors (Lipinski definition) is 2. The molecule has 0 atom stereocenters. The molecule has 0 saturated heterocycles. The Kier molecular flexibility index (Phi) is 5.11. The highest BCUT2D eigenvalue weighted by Crippen LogP contribution is 2.27. The number of benzene rings is 1. The van der Waals surface area contributed by atoms with Gasteiger partial charge in [0.1, 0.15) is 12.2 Å². The lowest BCUT2D eigenvalue weighted by atomic mass is 9.95. The van der Waals surface area contributed by atoms with Crippen LogP contribution in [0.3, 0.4) is 0 Å². The number of carbonyl (C=O) groups excluding carboxylic acids is 1. The van der Waals surface area contributed by atoms with Gasteiger partial charge in [-0.3, -0.25) is 9.59 Å². The SMILES string of the molecule is Cc1ccc(-n2nc(C(=O)NCc3cn(CC(=O)O)nn3)c3c2CCCC3)cc1. The van der Waals surface area contributed by atoms with E-state index in [0.717, 1.165) is 42.6 Å². The highest BCUT2D eigenvalue weighted by molar-refractivity contribution is 5.94. The van der Waals surface area contributed by atoms with Crippen LogP contribution in [0.25, 0.3) is 5.69 Å². The first-order valence-electron chi connectivity index (χ1n) is 9.58. The lowest BCUT2D eigenvalue weighted by molar-refractivity contribution is -0.137. The maximum atomic E-state index is 12.8. The number of aliphatic carboxylic acids is 1. The molecule has 0 spiro atoms. The molecule has 1 aromatic carbocycles. The van der Waals surface area contributed by atoms with E-state index >= 15 is 0 Å². The van der Waals surface area contributed by atoms with E-state index in [0.29, 0.717) is 11.4 Å². The van der Waals surface area contributed by atoms with Gasteiger partial charge in [-0.2, -0.15) is 5.10 Å². The van der Waals surface area contributed by atoms with Gasteiger partial charge in [-0.25, -0.2) is 9.36 Å². The highest BCUT2D eigenvalue weighted by atomic mass is 16.4. The van der Waals surface area contributed by atoms with Crippen LogP contribution < -0.4 is 5.32 Å². The number of aromatic nitrogens is 5. The van der Waals surface area contributed by atoms with Crippen molar-refractivity contribution in [3.05, 3.63) is 58.7 Å². The molecule has 29 heavy (non-hydrogen) atoms. The van der Waals surface area contributed by atoms with Gasteiger partial charge < -0.3 is 10.4 Å². The molecule has 3 aromatic rings. The second-order valence-corrected chi connectivity index (χ2v) is 7.21. The van der Waals surface area contributed by atoms with Gasteiger partial charge in [0, 0.05) is 11.3 Å². The summed E-state index contributed by atoms with van der Waals surface area (Å²) in [4.78, 5) is 23.6. The van der Waals surface area contributed by atoms with Crippen molar-refractivity contribution in [3.63, 3.8) is 0 Å². The summed E-state index contributed by atoms with van der Waals surface area (Å²) in [7, 11) is 0. The van der Waals surface area contributed by atoms with Crippen LogP contribution in [0.15, 0.2) is 30.5 Å². The number of fused-ring (bicyclic) bond motifs is 1. The molecule has 1 amide bonds. The average molecular weight is 394 g/mol. The Balaban J connectivity index is 1.54. The summed E-state index contributed by atoms with van der Waals surface area (Å²) in [6, 6.07) is 8.10. The molecule has 9 heteroatoms. The Hall–Kier alpha value is -3.49. The van der Waals surface area contributed by atoms with Crippen molar-refractivity contribution in [2.45, 2.75) is 45.7 Å². The minimum Gasteiger partial charge on any atom is -0.480 e. The van der Waals surface area contributed by atoms with Crippen LogP contribution in [0.5, 0.6) is 0 Å². The van der Waals surface area contributed by atoms with Crippen LogP contribution in [0.2, 0.25) is 0 Å². The fraction of sp³-hybridized carbons (Fsp3) is 0.350. The van der Waals surface area contributed by atoms with E-state index in [4.69, 9.17) is 5.11 Å². The summed E-state index contributed by atoms with van der Waals surface area (Å²) in [6.45, 7) is 1.92. The van der Waals surface area contributed by atoms with Gasteiger partial charge in [-0.15, -0.1) is 5.10 Å². The van der Waals surface area contributed by atoms with Crippen molar-refractivity contribution in [1.82, 2.24) is 30.1 Å². The van der Waals surface area contributed by atoms with Gasteiger partial charge in [-0.1, -0.05) is 22.9 Å². The molecular formula is C20H22N6O3. The van der Waals surface area contributed by atoms with Crippen molar-refractivity contribution in [1.29, 1.82) is 0 Å². The van der Waals surface area contributed by atoms with Crippen LogP contribution in [-0.4, -0.2) is 41.8 Å². The Morgan fingerprint density at radius 2 is 1.93 bits per heavy atom. The molecule has 9 nitrogen and oxygen atoms in total. The van der Waals surface area contributed by atoms with E-state index in [1.165, 1.54) is 16.4 Å². The summed E-state index contributed by atoms with van der Waals surface area (Å²) in [5.74, 6) is -1.26. The molecule has 0 saturated carbocycles. The van der Waals surface area contributed by atoms with E-state index in [2.05, 4.69) is 20.7 Å². The van der Waals surface area contributed by atoms with Crippen LogP contribution in [-0.2, 0) is 30.7 Å². The Labute approximate surface area is 167 Å². The lowest BCUT2D eigenvalue weighted by Crippen LogP contribution is -2.25. The molecule has 4 rings (SSSR count). The first-order valence-corrected chi connectivity index (χ1v) is 9.58. The quantitative estimate of drug-likeness (QED) is 0.657. The molecule has 0 aliphatic heterocycles. The molecule has 150 valence electrons. The van der Waals surface area contributed by atoms with Crippen molar-refractivity contribution in [3.8, 4) is 5.69 Å². The van der Waals surface area contributed by atoms with Gasteiger partial charge in [0.05, 0.1) is 18.4 Å². The van der Waals surface area contributed by atoms with E-state index in [1.54, 1.807) is 0 Å². The third kappa shape index (κ3) is 4.03. The molecule has 0 bridgehead atoms. The normalized spacial score (nSPS) is 13.1. The Bertz CT molecular complexity index is 1050. The molecule has 2 aromatic heterocycles. The number of hydrogen-bond acceptors (Lipinski definition) is 5. The number of amides is 1. The number of carbonyl (C=O) groups is 2. The van der Waals surface area contributed by atoms with Crippen molar-refractivity contribution >= 4 is 11.9 Å². The van der Waals surface area contributed by atoms with Crippen LogP contribution in [0.4, 0.5) is 0 Å². The molecule has 0 radical (unpaired) electrons. The maximum Gasteiger partial charge on any atom is 0.325 e. The zero-order valence-electron chi connectivity index (χ0n) is 16.1. The highest BCUT2D eigenvalue weighted by Gasteiger charge is 2.25. The van der Waals surface area contributed by atoms with E-state index in [-0.39, 0.29) is 19.0 Å². The van der Waals surface area contributed by atoms with Gasteiger partial charge in [0.2, 0.25) is 0 Å².